The summed E-state index contributed by atoms with van der Waals surface area (Å²) in [5.41, 5.74) is 5.13. The molecule has 12 heavy (non-hydrogen) atoms. The van der Waals surface area contributed by atoms with Gasteiger partial charge in [-0.3, -0.25) is 4.79 Å². The number of rotatable bonds is 5. The van der Waals surface area contributed by atoms with Crippen LogP contribution in [0.15, 0.2) is 0 Å². The predicted molar refractivity (Wildman–Crippen MR) is 48.5 cm³/mol. The lowest BCUT2D eigenvalue weighted by atomic mass is 10.1. The summed E-state index contributed by atoms with van der Waals surface area (Å²) in [6.45, 7) is 4.74. The van der Waals surface area contributed by atoms with E-state index in [0.717, 1.165) is 5.92 Å². The summed E-state index contributed by atoms with van der Waals surface area (Å²) in [6, 6.07) is 0.548. The van der Waals surface area contributed by atoms with E-state index in [2.05, 4.69) is 12.2 Å². The average Bonchev–Trinajstić information content (AvgIpc) is 2.81. The number of carbonyl (C=O) groups excluding carboxylic acids is 1. The van der Waals surface area contributed by atoms with Crippen LogP contribution in [0, 0.1) is 11.8 Å². The van der Waals surface area contributed by atoms with E-state index in [9.17, 15) is 4.79 Å². The molecule has 0 aromatic heterocycles. The minimum atomic E-state index is -0.217. The molecule has 1 saturated carbocycles. The molecule has 1 rings (SSSR count). The van der Waals surface area contributed by atoms with Crippen molar-refractivity contribution in [3.05, 3.63) is 0 Å². The first-order chi connectivity index (χ1) is 5.61. The zero-order chi connectivity index (χ0) is 9.14. The molecular formula is C9H18N2O. The first-order valence-electron chi connectivity index (χ1n) is 4.64. The molecular weight excluding hydrogens is 152 g/mol. The SMILES string of the molecule is CC(CNC(C)C1CC1)C(N)=O. The van der Waals surface area contributed by atoms with Gasteiger partial charge in [-0.25, -0.2) is 0 Å². The molecule has 0 heterocycles. The van der Waals surface area contributed by atoms with Crippen LogP contribution in [0.3, 0.4) is 0 Å². The maximum absolute atomic E-state index is 10.7. The average molecular weight is 170 g/mol. The molecule has 0 aromatic rings. The zero-order valence-electron chi connectivity index (χ0n) is 7.84. The molecule has 3 N–H and O–H groups in total. The lowest BCUT2D eigenvalue weighted by Gasteiger charge is -2.14. The van der Waals surface area contributed by atoms with Gasteiger partial charge in [-0.1, -0.05) is 6.92 Å². The lowest BCUT2D eigenvalue weighted by Crippen LogP contribution is -2.36. The Morgan fingerprint density at radius 3 is 2.58 bits per heavy atom. The van der Waals surface area contributed by atoms with Gasteiger partial charge >= 0.3 is 0 Å². The summed E-state index contributed by atoms with van der Waals surface area (Å²) in [4.78, 5) is 10.7. The molecule has 1 aliphatic carbocycles. The highest BCUT2D eigenvalue weighted by Crippen LogP contribution is 2.32. The van der Waals surface area contributed by atoms with Crippen molar-refractivity contribution >= 4 is 5.91 Å². The van der Waals surface area contributed by atoms with Crippen LogP contribution < -0.4 is 11.1 Å². The van der Waals surface area contributed by atoms with E-state index in [4.69, 9.17) is 5.73 Å². The van der Waals surface area contributed by atoms with E-state index in [1.54, 1.807) is 0 Å². The Hall–Kier alpha value is -0.570. The quantitative estimate of drug-likeness (QED) is 0.631. The van der Waals surface area contributed by atoms with Crippen molar-refractivity contribution in [2.75, 3.05) is 6.54 Å². The Kier molecular flexibility index (Phi) is 3.09. The minimum absolute atomic E-state index is 0.0498. The van der Waals surface area contributed by atoms with Crippen LogP contribution in [0.25, 0.3) is 0 Å². The summed E-state index contributed by atoms with van der Waals surface area (Å²) in [7, 11) is 0. The molecule has 3 nitrogen and oxygen atoms in total. The van der Waals surface area contributed by atoms with Crippen LogP contribution in [-0.2, 0) is 4.79 Å². The molecule has 1 fully saturated rings. The second-order valence-electron chi connectivity index (χ2n) is 3.84. The molecule has 0 spiro atoms. The number of hydrogen-bond donors (Lipinski definition) is 2. The fraction of sp³-hybridized carbons (Fsp3) is 0.889. The standard InChI is InChI=1S/C9H18N2O/c1-6(9(10)12)5-11-7(2)8-3-4-8/h6-8,11H,3-5H2,1-2H3,(H2,10,12). The second kappa shape index (κ2) is 3.90. The van der Waals surface area contributed by atoms with Crippen LogP contribution >= 0.6 is 0 Å². The highest BCUT2D eigenvalue weighted by atomic mass is 16.1. The van der Waals surface area contributed by atoms with Crippen molar-refractivity contribution in [1.29, 1.82) is 0 Å². The van der Waals surface area contributed by atoms with Gasteiger partial charge in [0.05, 0.1) is 0 Å². The summed E-state index contributed by atoms with van der Waals surface area (Å²) in [5, 5.41) is 3.32. The van der Waals surface area contributed by atoms with E-state index in [1.165, 1.54) is 12.8 Å². The van der Waals surface area contributed by atoms with Crippen molar-refractivity contribution in [3.63, 3.8) is 0 Å². The molecule has 2 unspecified atom stereocenters. The van der Waals surface area contributed by atoms with Crippen LogP contribution in [-0.4, -0.2) is 18.5 Å². The molecule has 0 saturated heterocycles. The Bertz CT molecular complexity index is 166. The second-order valence-corrected chi connectivity index (χ2v) is 3.84. The molecule has 0 radical (unpaired) electrons. The number of amides is 1. The fourth-order valence-corrected chi connectivity index (χ4v) is 1.23. The predicted octanol–water partition coefficient (Wildman–Crippen LogP) is 0.496. The summed E-state index contributed by atoms with van der Waals surface area (Å²) in [5.74, 6) is 0.571. The number of nitrogens with two attached hydrogens (primary N) is 1. The Morgan fingerprint density at radius 1 is 1.58 bits per heavy atom. The van der Waals surface area contributed by atoms with E-state index in [-0.39, 0.29) is 11.8 Å². The maximum Gasteiger partial charge on any atom is 0.221 e. The molecule has 0 aliphatic heterocycles. The number of hydrogen-bond acceptors (Lipinski definition) is 2. The van der Waals surface area contributed by atoms with Crippen LogP contribution in [0.4, 0.5) is 0 Å². The van der Waals surface area contributed by atoms with E-state index < -0.39 is 0 Å². The lowest BCUT2D eigenvalue weighted by molar-refractivity contribution is -0.121. The van der Waals surface area contributed by atoms with Crippen molar-refractivity contribution in [3.8, 4) is 0 Å². The molecule has 0 aromatic carbocycles. The van der Waals surface area contributed by atoms with Gasteiger partial charge in [0.25, 0.3) is 0 Å². The normalized spacial score (nSPS) is 21.8. The highest BCUT2D eigenvalue weighted by molar-refractivity contribution is 5.76. The van der Waals surface area contributed by atoms with Crippen molar-refractivity contribution < 1.29 is 4.79 Å². The van der Waals surface area contributed by atoms with Crippen LogP contribution in [0.1, 0.15) is 26.7 Å². The molecule has 1 amide bonds. The van der Waals surface area contributed by atoms with Gasteiger partial charge in [0.15, 0.2) is 0 Å². The fourth-order valence-electron chi connectivity index (χ4n) is 1.23. The Morgan fingerprint density at radius 2 is 2.17 bits per heavy atom. The Balaban J connectivity index is 2.11. The van der Waals surface area contributed by atoms with Crippen LogP contribution in [0.5, 0.6) is 0 Å². The van der Waals surface area contributed by atoms with Gasteiger partial charge in [-0.2, -0.15) is 0 Å². The van der Waals surface area contributed by atoms with Gasteiger partial charge in [-0.05, 0) is 25.7 Å². The van der Waals surface area contributed by atoms with Crippen molar-refractivity contribution in [2.45, 2.75) is 32.7 Å². The summed E-state index contributed by atoms with van der Waals surface area (Å²) < 4.78 is 0. The monoisotopic (exact) mass is 170 g/mol. The smallest absolute Gasteiger partial charge is 0.221 e. The van der Waals surface area contributed by atoms with E-state index >= 15 is 0 Å². The number of carbonyl (C=O) groups is 1. The highest BCUT2D eigenvalue weighted by Gasteiger charge is 2.27. The van der Waals surface area contributed by atoms with E-state index in [0.29, 0.717) is 12.6 Å². The molecule has 2 atom stereocenters. The van der Waals surface area contributed by atoms with Crippen LogP contribution in [0.2, 0.25) is 0 Å². The topological polar surface area (TPSA) is 55.1 Å². The zero-order valence-corrected chi connectivity index (χ0v) is 7.84. The molecule has 70 valence electrons. The summed E-state index contributed by atoms with van der Waals surface area (Å²) >= 11 is 0. The van der Waals surface area contributed by atoms with Gasteiger partial charge in [0, 0.05) is 18.5 Å². The third kappa shape index (κ3) is 2.81. The first-order valence-corrected chi connectivity index (χ1v) is 4.64. The number of nitrogens with one attached hydrogen (secondary N) is 1. The number of primary amides is 1. The van der Waals surface area contributed by atoms with Gasteiger partial charge in [-0.15, -0.1) is 0 Å². The van der Waals surface area contributed by atoms with Gasteiger partial charge < -0.3 is 11.1 Å². The third-order valence-electron chi connectivity index (χ3n) is 2.56. The van der Waals surface area contributed by atoms with Crippen molar-refractivity contribution in [1.82, 2.24) is 5.32 Å². The van der Waals surface area contributed by atoms with E-state index in [1.807, 2.05) is 6.92 Å². The molecule has 3 heteroatoms. The Labute approximate surface area is 73.7 Å². The maximum atomic E-state index is 10.7. The van der Waals surface area contributed by atoms with Crippen molar-refractivity contribution in [2.24, 2.45) is 17.6 Å². The van der Waals surface area contributed by atoms with Gasteiger partial charge in [0.1, 0.15) is 0 Å². The molecule has 0 bridgehead atoms. The summed E-state index contributed by atoms with van der Waals surface area (Å²) in [6.07, 6.45) is 2.66. The third-order valence-corrected chi connectivity index (χ3v) is 2.56. The first kappa shape index (κ1) is 9.52. The minimum Gasteiger partial charge on any atom is -0.369 e. The van der Waals surface area contributed by atoms with Gasteiger partial charge in [0.2, 0.25) is 5.91 Å². The molecule has 1 aliphatic rings. The largest absolute Gasteiger partial charge is 0.369 e.